The number of rotatable bonds is 5. The molecule has 0 aliphatic heterocycles. The van der Waals surface area contributed by atoms with Gasteiger partial charge in [-0.25, -0.2) is 4.39 Å². The lowest BCUT2D eigenvalue weighted by Crippen LogP contribution is -2.06. The van der Waals surface area contributed by atoms with Gasteiger partial charge in [-0.1, -0.05) is 6.92 Å². The lowest BCUT2D eigenvalue weighted by atomic mass is 10.1. The highest BCUT2D eigenvalue weighted by Gasteiger charge is 2.15. The molecule has 0 aliphatic rings. The van der Waals surface area contributed by atoms with Crippen LogP contribution < -0.4 is 4.74 Å². The van der Waals surface area contributed by atoms with Crippen molar-refractivity contribution in [1.82, 2.24) is 9.78 Å². The molecule has 0 unspecified atom stereocenters. The van der Waals surface area contributed by atoms with Gasteiger partial charge in [0.1, 0.15) is 18.2 Å². The van der Waals surface area contributed by atoms with Crippen LogP contribution in [0.4, 0.5) is 4.39 Å². The van der Waals surface area contributed by atoms with Crippen LogP contribution in [0.15, 0.2) is 22.7 Å². The highest BCUT2D eigenvalue weighted by molar-refractivity contribution is 9.10. The van der Waals surface area contributed by atoms with E-state index >= 15 is 0 Å². The summed E-state index contributed by atoms with van der Waals surface area (Å²) in [6, 6.07) is 4.13. The molecule has 0 amide bonds. The Labute approximate surface area is 131 Å². The summed E-state index contributed by atoms with van der Waals surface area (Å²) < 4.78 is 21.7. The van der Waals surface area contributed by atoms with Gasteiger partial charge in [-0.3, -0.25) is 4.68 Å². The molecule has 0 bridgehead atoms. The van der Waals surface area contributed by atoms with Gasteiger partial charge in [0.2, 0.25) is 0 Å². The Balaban J connectivity index is 2.23. The van der Waals surface area contributed by atoms with Crippen molar-refractivity contribution in [3.05, 3.63) is 45.4 Å². The summed E-state index contributed by atoms with van der Waals surface area (Å²) in [6.45, 7) is 3.90. The minimum Gasteiger partial charge on any atom is -0.487 e. The van der Waals surface area contributed by atoms with Gasteiger partial charge in [0, 0.05) is 12.6 Å². The monoisotopic (exact) mass is 356 g/mol. The maximum Gasteiger partial charge on any atom is 0.131 e. The number of aliphatic hydroxyl groups is 1. The van der Waals surface area contributed by atoms with Crippen LogP contribution in [-0.4, -0.2) is 14.9 Å². The first-order valence-electron chi connectivity index (χ1n) is 6.74. The molecule has 1 heterocycles. The first-order chi connectivity index (χ1) is 9.93. The van der Waals surface area contributed by atoms with Gasteiger partial charge in [-0.05, 0) is 47.5 Å². The summed E-state index contributed by atoms with van der Waals surface area (Å²) >= 11 is 3.52. The van der Waals surface area contributed by atoms with Gasteiger partial charge in [-0.2, -0.15) is 5.10 Å². The molecule has 1 aromatic carbocycles. The summed E-state index contributed by atoms with van der Waals surface area (Å²) in [5.41, 5.74) is 2.29. The molecule has 1 atom stereocenters. The predicted octanol–water partition coefficient (Wildman–Crippen LogP) is 3.52. The van der Waals surface area contributed by atoms with Crippen molar-refractivity contribution in [3.8, 4) is 5.75 Å². The summed E-state index contributed by atoms with van der Waals surface area (Å²) in [5.74, 6) is 0.0748. The summed E-state index contributed by atoms with van der Waals surface area (Å²) in [5, 5.41) is 14.1. The van der Waals surface area contributed by atoms with Gasteiger partial charge in [0.25, 0.3) is 0 Å². The van der Waals surface area contributed by atoms with Gasteiger partial charge in [-0.15, -0.1) is 0 Å². The number of aryl methyl sites for hydroxylation is 2. The van der Waals surface area contributed by atoms with Crippen LogP contribution in [0.3, 0.4) is 0 Å². The number of halogens is 2. The second kappa shape index (κ2) is 6.58. The SMILES string of the molecule is CCc1nn(C)c(COc2ccc(F)cc2[C@H](C)O)c1Br. The minimum absolute atomic E-state index is 0.287. The van der Waals surface area contributed by atoms with E-state index in [9.17, 15) is 9.50 Å². The van der Waals surface area contributed by atoms with E-state index in [2.05, 4.69) is 21.0 Å². The minimum atomic E-state index is -0.795. The molecule has 1 N–H and O–H groups in total. The van der Waals surface area contributed by atoms with Crippen LogP contribution in [0, 0.1) is 5.82 Å². The summed E-state index contributed by atoms with van der Waals surface area (Å²) in [4.78, 5) is 0. The fourth-order valence-corrected chi connectivity index (χ4v) is 2.83. The highest BCUT2D eigenvalue weighted by Crippen LogP contribution is 2.28. The van der Waals surface area contributed by atoms with Crippen LogP contribution >= 0.6 is 15.9 Å². The highest BCUT2D eigenvalue weighted by atomic mass is 79.9. The van der Waals surface area contributed by atoms with Crippen molar-refractivity contribution < 1.29 is 14.2 Å². The number of benzene rings is 1. The molecule has 2 aromatic rings. The average molecular weight is 357 g/mol. The Morgan fingerprint density at radius 2 is 2.19 bits per heavy atom. The zero-order chi connectivity index (χ0) is 15.6. The maximum atomic E-state index is 13.3. The molecular weight excluding hydrogens is 339 g/mol. The van der Waals surface area contributed by atoms with E-state index in [4.69, 9.17) is 4.74 Å². The van der Waals surface area contributed by atoms with Crippen LogP contribution in [0.25, 0.3) is 0 Å². The fourth-order valence-electron chi connectivity index (χ4n) is 2.10. The number of aliphatic hydroxyl groups excluding tert-OH is 1. The Morgan fingerprint density at radius 1 is 1.48 bits per heavy atom. The molecular formula is C15H18BrFN2O2. The van der Waals surface area contributed by atoms with E-state index in [-0.39, 0.29) is 6.61 Å². The molecule has 6 heteroatoms. The smallest absolute Gasteiger partial charge is 0.131 e. The lowest BCUT2D eigenvalue weighted by molar-refractivity contribution is 0.189. The third kappa shape index (κ3) is 3.44. The molecule has 2 rings (SSSR count). The number of hydrogen-bond acceptors (Lipinski definition) is 3. The zero-order valence-corrected chi connectivity index (χ0v) is 13.8. The van der Waals surface area contributed by atoms with E-state index in [0.29, 0.717) is 11.3 Å². The Kier molecular flexibility index (Phi) is 5.00. The van der Waals surface area contributed by atoms with E-state index < -0.39 is 11.9 Å². The Morgan fingerprint density at radius 3 is 2.76 bits per heavy atom. The van der Waals surface area contributed by atoms with Crippen LogP contribution in [0.5, 0.6) is 5.75 Å². The zero-order valence-electron chi connectivity index (χ0n) is 12.2. The quantitative estimate of drug-likeness (QED) is 0.891. The van der Waals surface area contributed by atoms with Crippen molar-refractivity contribution >= 4 is 15.9 Å². The molecule has 0 saturated carbocycles. The van der Waals surface area contributed by atoms with Crippen LogP contribution in [0.1, 0.15) is 36.9 Å². The Hall–Kier alpha value is -1.40. The molecule has 0 aliphatic carbocycles. The summed E-state index contributed by atoms with van der Waals surface area (Å²) in [6.07, 6.45) is 0.0288. The number of hydrogen-bond donors (Lipinski definition) is 1. The molecule has 21 heavy (non-hydrogen) atoms. The Bertz CT molecular complexity index is 641. The predicted molar refractivity (Wildman–Crippen MR) is 81.7 cm³/mol. The first kappa shape index (κ1) is 16.0. The largest absolute Gasteiger partial charge is 0.487 e. The topological polar surface area (TPSA) is 47.3 Å². The van der Waals surface area contributed by atoms with E-state index in [1.165, 1.54) is 18.2 Å². The van der Waals surface area contributed by atoms with Crippen molar-refractivity contribution in [1.29, 1.82) is 0 Å². The van der Waals surface area contributed by atoms with Crippen molar-refractivity contribution in [3.63, 3.8) is 0 Å². The molecule has 0 spiro atoms. The van der Waals surface area contributed by atoms with E-state index in [1.54, 1.807) is 11.6 Å². The third-order valence-electron chi connectivity index (χ3n) is 3.29. The molecule has 0 fully saturated rings. The molecule has 114 valence electrons. The van der Waals surface area contributed by atoms with Crippen LogP contribution in [-0.2, 0) is 20.1 Å². The third-order valence-corrected chi connectivity index (χ3v) is 4.20. The second-order valence-corrected chi connectivity index (χ2v) is 5.62. The van der Waals surface area contributed by atoms with Crippen molar-refractivity contribution in [2.24, 2.45) is 7.05 Å². The molecule has 1 aromatic heterocycles. The van der Waals surface area contributed by atoms with Gasteiger partial charge in [0.15, 0.2) is 0 Å². The van der Waals surface area contributed by atoms with E-state index in [1.807, 2.05) is 14.0 Å². The molecule has 4 nitrogen and oxygen atoms in total. The van der Waals surface area contributed by atoms with Gasteiger partial charge < -0.3 is 9.84 Å². The number of aromatic nitrogens is 2. The maximum absolute atomic E-state index is 13.3. The number of ether oxygens (including phenoxy) is 1. The first-order valence-corrected chi connectivity index (χ1v) is 7.53. The molecule has 0 saturated heterocycles. The molecule has 0 radical (unpaired) electrons. The normalized spacial score (nSPS) is 12.5. The lowest BCUT2D eigenvalue weighted by Gasteiger charge is -2.14. The van der Waals surface area contributed by atoms with Gasteiger partial charge in [0.05, 0.1) is 22.0 Å². The van der Waals surface area contributed by atoms with Gasteiger partial charge >= 0.3 is 0 Å². The second-order valence-electron chi connectivity index (χ2n) is 4.83. The fraction of sp³-hybridized carbons (Fsp3) is 0.400. The standard InChI is InChI=1S/C15H18BrFN2O2/c1-4-12-15(16)13(19(3)18-12)8-21-14-6-5-10(17)7-11(14)9(2)20/h5-7,9,20H,4,8H2,1-3H3/t9-/m0/s1. The van der Waals surface area contributed by atoms with E-state index in [0.717, 1.165) is 22.3 Å². The summed E-state index contributed by atoms with van der Waals surface area (Å²) in [7, 11) is 1.85. The van der Waals surface area contributed by atoms with Crippen molar-refractivity contribution in [2.45, 2.75) is 33.0 Å². The van der Waals surface area contributed by atoms with Crippen molar-refractivity contribution in [2.75, 3.05) is 0 Å². The number of nitrogens with zero attached hydrogens (tertiary/aromatic N) is 2. The van der Waals surface area contributed by atoms with Crippen LogP contribution in [0.2, 0.25) is 0 Å². The average Bonchev–Trinajstić information content (AvgIpc) is 2.72.